The van der Waals surface area contributed by atoms with Crippen LogP contribution in [0.3, 0.4) is 0 Å². The molecule has 1 rings (SSSR count). The monoisotopic (exact) mass is 196 g/mol. The zero-order valence-electron chi connectivity index (χ0n) is 8.20. The fourth-order valence-electron chi connectivity index (χ4n) is 1.29. The number of methoxy groups -OCH3 is 1. The van der Waals surface area contributed by atoms with Crippen LogP contribution in [0.5, 0.6) is 5.75 Å². The topological polar surface area (TPSA) is 78.3 Å². The van der Waals surface area contributed by atoms with Gasteiger partial charge in [-0.05, 0) is 0 Å². The number of primary amides is 1. The van der Waals surface area contributed by atoms with E-state index in [9.17, 15) is 4.79 Å². The van der Waals surface area contributed by atoms with E-state index in [2.05, 4.69) is 0 Å². The zero-order valence-corrected chi connectivity index (χ0v) is 8.20. The molecule has 1 amide bonds. The van der Waals surface area contributed by atoms with Crippen molar-refractivity contribution < 1.29 is 9.53 Å². The standard InChI is InChI=1S/C8H7B3N2O2/c1-15-7-5(11)4(10)3(9)2(6(7)12)8(13)14/h12H2,1H3,(H2,13,14). The van der Waals surface area contributed by atoms with Gasteiger partial charge in [-0.25, -0.2) is 0 Å². The highest BCUT2D eigenvalue weighted by atomic mass is 16.5. The van der Waals surface area contributed by atoms with E-state index >= 15 is 0 Å². The Morgan fingerprint density at radius 2 is 1.73 bits per heavy atom. The van der Waals surface area contributed by atoms with Crippen molar-refractivity contribution in [1.82, 2.24) is 0 Å². The lowest BCUT2D eigenvalue weighted by Crippen LogP contribution is -2.44. The molecule has 15 heavy (non-hydrogen) atoms. The second-order valence-electron chi connectivity index (χ2n) is 2.93. The summed E-state index contributed by atoms with van der Waals surface area (Å²) in [7, 11) is 18.1. The second-order valence-corrected chi connectivity index (χ2v) is 2.93. The number of nitrogen functional groups attached to an aromatic ring is 1. The molecule has 1 aromatic carbocycles. The number of nitrogens with two attached hydrogens (primary N) is 2. The van der Waals surface area contributed by atoms with Gasteiger partial charge in [0.2, 0.25) is 5.91 Å². The summed E-state index contributed by atoms with van der Waals surface area (Å²) in [6.45, 7) is 0. The number of rotatable bonds is 2. The van der Waals surface area contributed by atoms with E-state index in [-0.39, 0.29) is 33.4 Å². The van der Waals surface area contributed by atoms with Crippen molar-refractivity contribution in [2.45, 2.75) is 0 Å². The largest absolute Gasteiger partial charge is 0.495 e. The first-order chi connectivity index (χ1) is 6.91. The molecule has 0 heterocycles. The van der Waals surface area contributed by atoms with Crippen LogP contribution in [-0.2, 0) is 0 Å². The highest BCUT2D eigenvalue weighted by Crippen LogP contribution is 2.19. The molecule has 0 spiro atoms. The number of carbonyl (C=O) groups is 1. The first-order valence-electron chi connectivity index (χ1n) is 4.01. The van der Waals surface area contributed by atoms with E-state index < -0.39 is 5.91 Å². The zero-order chi connectivity index (χ0) is 11.7. The second kappa shape index (κ2) is 3.92. The van der Waals surface area contributed by atoms with Gasteiger partial charge in [-0.15, -0.1) is 5.46 Å². The van der Waals surface area contributed by atoms with Gasteiger partial charge >= 0.3 is 0 Å². The number of hydrogen-bond acceptors (Lipinski definition) is 3. The molecule has 1 aromatic rings. The van der Waals surface area contributed by atoms with Gasteiger partial charge in [-0.3, -0.25) is 4.79 Å². The molecule has 0 fully saturated rings. The minimum Gasteiger partial charge on any atom is -0.495 e. The SMILES string of the molecule is [B]c1c([B])c(OC)c(N)c(C(N)=O)c1[B]. The third kappa shape index (κ3) is 1.69. The lowest BCUT2D eigenvalue weighted by atomic mass is 9.69. The molecule has 0 saturated heterocycles. The molecule has 0 saturated carbocycles. The van der Waals surface area contributed by atoms with Crippen molar-refractivity contribution in [3.8, 4) is 5.75 Å². The van der Waals surface area contributed by atoms with E-state index in [1.54, 1.807) is 0 Å². The molecule has 70 valence electrons. The molecule has 7 heteroatoms. The summed E-state index contributed by atoms with van der Waals surface area (Å²) in [5.74, 6) is -0.675. The molecular weight excluding hydrogens is 189 g/mol. The number of carbonyl (C=O) groups excluding carboxylic acids is 1. The Kier molecular flexibility index (Phi) is 3.02. The number of benzene rings is 1. The molecule has 0 aliphatic carbocycles. The first kappa shape index (κ1) is 11.6. The van der Waals surface area contributed by atoms with Crippen LogP contribution in [0.4, 0.5) is 5.69 Å². The third-order valence-electron chi connectivity index (χ3n) is 2.06. The van der Waals surface area contributed by atoms with Crippen LogP contribution in [0.2, 0.25) is 0 Å². The van der Waals surface area contributed by atoms with Crippen molar-refractivity contribution in [1.29, 1.82) is 0 Å². The van der Waals surface area contributed by atoms with Crippen LogP contribution in [0, 0.1) is 0 Å². The molecular formula is C8H7B3N2O2. The highest BCUT2D eigenvalue weighted by molar-refractivity contribution is 6.60. The average molecular weight is 196 g/mol. The van der Waals surface area contributed by atoms with Crippen molar-refractivity contribution in [2.75, 3.05) is 12.8 Å². The van der Waals surface area contributed by atoms with Crippen LogP contribution in [0.15, 0.2) is 0 Å². The quantitative estimate of drug-likeness (QED) is 0.385. The highest BCUT2D eigenvalue weighted by Gasteiger charge is 2.18. The summed E-state index contributed by atoms with van der Waals surface area (Å²) in [4.78, 5) is 11.1. The number of ether oxygens (including phenoxy) is 1. The van der Waals surface area contributed by atoms with Gasteiger partial charge in [0.05, 0.1) is 18.4 Å². The maximum Gasteiger partial charge on any atom is 0.250 e. The van der Waals surface area contributed by atoms with Gasteiger partial charge in [0, 0.05) is 0 Å². The van der Waals surface area contributed by atoms with Gasteiger partial charge in [0.1, 0.15) is 29.3 Å². The summed E-state index contributed by atoms with van der Waals surface area (Å²) in [5.41, 5.74) is 10.8. The van der Waals surface area contributed by atoms with Crippen molar-refractivity contribution >= 4 is 51.5 Å². The van der Waals surface area contributed by atoms with E-state index in [0.29, 0.717) is 0 Å². The molecule has 4 N–H and O–H groups in total. The Labute approximate surface area is 91.6 Å². The Bertz CT molecular complexity index is 435. The Hall–Kier alpha value is -1.52. The smallest absolute Gasteiger partial charge is 0.250 e. The summed E-state index contributed by atoms with van der Waals surface area (Å²) in [6, 6.07) is 0. The fourth-order valence-corrected chi connectivity index (χ4v) is 1.29. The molecule has 0 aliphatic rings. The van der Waals surface area contributed by atoms with Crippen LogP contribution in [0.25, 0.3) is 0 Å². The number of anilines is 1. The normalized spacial score (nSPS) is 9.93. The minimum absolute atomic E-state index is 0.00537. The van der Waals surface area contributed by atoms with Crippen molar-refractivity contribution in [2.24, 2.45) is 5.73 Å². The molecule has 0 unspecified atom stereocenters. The maximum absolute atomic E-state index is 11.1. The molecule has 4 nitrogen and oxygen atoms in total. The maximum atomic E-state index is 11.1. The molecule has 0 bridgehead atoms. The third-order valence-corrected chi connectivity index (χ3v) is 2.06. The molecule has 0 atom stereocenters. The van der Waals surface area contributed by atoms with Crippen molar-refractivity contribution in [3.05, 3.63) is 5.56 Å². The lowest BCUT2D eigenvalue weighted by molar-refractivity contribution is 0.100. The van der Waals surface area contributed by atoms with E-state index in [4.69, 9.17) is 39.7 Å². The lowest BCUT2D eigenvalue weighted by Gasteiger charge is -2.18. The molecule has 0 aromatic heterocycles. The summed E-state index contributed by atoms with van der Waals surface area (Å²) in [5, 5.41) is 0. The van der Waals surface area contributed by atoms with Crippen LogP contribution >= 0.6 is 0 Å². The average Bonchev–Trinajstić information content (AvgIpc) is 2.15. The number of hydrogen-bond donors (Lipinski definition) is 2. The van der Waals surface area contributed by atoms with Crippen LogP contribution < -0.4 is 32.6 Å². The van der Waals surface area contributed by atoms with Crippen LogP contribution in [0.1, 0.15) is 10.4 Å². The van der Waals surface area contributed by atoms with Crippen LogP contribution in [-0.4, -0.2) is 36.6 Å². The fraction of sp³-hybridized carbons (Fsp3) is 0.125. The van der Waals surface area contributed by atoms with Gasteiger partial charge in [-0.2, -0.15) is 0 Å². The predicted octanol–water partition coefficient (Wildman–Crippen LogP) is -3.24. The first-order valence-corrected chi connectivity index (χ1v) is 4.01. The predicted molar refractivity (Wildman–Crippen MR) is 62.1 cm³/mol. The van der Waals surface area contributed by atoms with E-state index in [1.807, 2.05) is 0 Å². The Balaban J connectivity index is 3.68. The summed E-state index contributed by atoms with van der Waals surface area (Å²) >= 11 is 0. The summed E-state index contributed by atoms with van der Waals surface area (Å²) in [6.07, 6.45) is 0. The van der Waals surface area contributed by atoms with Gasteiger partial charge < -0.3 is 16.2 Å². The Morgan fingerprint density at radius 1 is 1.20 bits per heavy atom. The number of amides is 1. The Morgan fingerprint density at radius 3 is 2.13 bits per heavy atom. The minimum atomic E-state index is -0.782. The van der Waals surface area contributed by atoms with Gasteiger partial charge in [-0.1, -0.05) is 10.9 Å². The molecule has 0 aliphatic heterocycles. The van der Waals surface area contributed by atoms with Crippen molar-refractivity contribution in [3.63, 3.8) is 0 Å². The molecule has 6 radical (unpaired) electrons. The summed E-state index contributed by atoms with van der Waals surface area (Å²) < 4.78 is 4.91. The van der Waals surface area contributed by atoms with Gasteiger partial charge in [0.25, 0.3) is 0 Å². The van der Waals surface area contributed by atoms with E-state index in [0.717, 1.165) is 0 Å². The van der Waals surface area contributed by atoms with Gasteiger partial charge in [0.15, 0.2) is 0 Å². The van der Waals surface area contributed by atoms with E-state index in [1.165, 1.54) is 7.11 Å².